The minimum Gasteiger partial charge on any atom is -0.481 e. The fourth-order valence-electron chi connectivity index (χ4n) is 8.00. The van der Waals surface area contributed by atoms with Gasteiger partial charge in [-0.15, -0.1) is 0 Å². The van der Waals surface area contributed by atoms with Crippen molar-refractivity contribution < 1.29 is 38.9 Å². The first-order valence-electron chi connectivity index (χ1n) is 19.9. The van der Waals surface area contributed by atoms with Crippen LogP contribution in [0.1, 0.15) is 89.4 Å². The molecule has 0 heterocycles. The molecule has 2 amide bonds. The summed E-state index contributed by atoms with van der Waals surface area (Å²) in [7, 11) is 0. The summed E-state index contributed by atoms with van der Waals surface area (Å²) in [5.74, 6) is -7.00. The fraction of sp³-hybridized carbons (Fsp3) is 0.391. The van der Waals surface area contributed by atoms with Gasteiger partial charge in [-0.3, -0.25) is 19.2 Å². The van der Waals surface area contributed by atoms with E-state index < -0.39 is 59.5 Å². The Kier molecular flexibility index (Phi) is 14.7. The van der Waals surface area contributed by atoms with Crippen LogP contribution in [0.5, 0.6) is 23.0 Å². The van der Waals surface area contributed by atoms with E-state index in [1.165, 1.54) is 0 Å². The largest absolute Gasteiger partial charge is 0.481 e. The lowest BCUT2D eigenvalue weighted by Crippen LogP contribution is -2.64. The van der Waals surface area contributed by atoms with Crippen LogP contribution in [0.2, 0.25) is 0 Å². The highest BCUT2D eigenvalue weighted by molar-refractivity contribution is 6.00. The first-order valence-corrected chi connectivity index (χ1v) is 19.9. The molecule has 0 aromatic heterocycles. The number of carboxylic acids is 2. The number of ether oxygens (including phenoxy) is 2. The number of benzene rings is 4. The molecule has 296 valence electrons. The van der Waals surface area contributed by atoms with Crippen molar-refractivity contribution >= 4 is 23.8 Å². The maximum absolute atomic E-state index is 14.9. The quantitative estimate of drug-likeness (QED) is 0.0909. The molecule has 4 unspecified atom stereocenters. The van der Waals surface area contributed by atoms with E-state index in [1.54, 1.807) is 9.80 Å². The van der Waals surface area contributed by atoms with Gasteiger partial charge in [0.15, 0.2) is 0 Å². The molecule has 2 N–H and O–H groups in total. The van der Waals surface area contributed by atoms with Crippen molar-refractivity contribution in [2.75, 3.05) is 13.1 Å². The number of nitrogens with zero attached hydrogens (tertiary/aromatic N) is 2. The van der Waals surface area contributed by atoms with Crippen molar-refractivity contribution in [3.8, 4) is 23.0 Å². The predicted octanol–water partition coefficient (Wildman–Crippen LogP) is 9.78. The monoisotopic (exact) mass is 762 g/mol. The lowest BCUT2D eigenvalue weighted by atomic mass is 9.55. The van der Waals surface area contributed by atoms with Gasteiger partial charge in [0.1, 0.15) is 23.0 Å². The van der Waals surface area contributed by atoms with Crippen molar-refractivity contribution in [3.63, 3.8) is 0 Å². The van der Waals surface area contributed by atoms with E-state index in [0.717, 1.165) is 24.0 Å². The van der Waals surface area contributed by atoms with Crippen LogP contribution in [0.15, 0.2) is 109 Å². The van der Waals surface area contributed by atoms with Crippen LogP contribution in [0.25, 0.3) is 0 Å². The van der Waals surface area contributed by atoms with Crippen LogP contribution in [0.3, 0.4) is 0 Å². The second-order valence-electron chi connectivity index (χ2n) is 14.4. The summed E-state index contributed by atoms with van der Waals surface area (Å²) in [6.07, 6.45) is 3.78. The summed E-state index contributed by atoms with van der Waals surface area (Å²) in [6, 6.07) is 32.9. The van der Waals surface area contributed by atoms with Crippen molar-refractivity contribution in [2.45, 2.75) is 78.3 Å². The molecule has 1 aliphatic rings. The van der Waals surface area contributed by atoms with Crippen LogP contribution in [0, 0.1) is 23.7 Å². The van der Waals surface area contributed by atoms with Gasteiger partial charge in [-0.05, 0) is 85.3 Å². The van der Waals surface area contributed by atoms with Gasteiger partial charge in [-0.1, -0.05) is 101 Å². The highest BCUT2D eigenvalue weighted by Gasteiger charge is 2.65. The van der Waals surface area contributed by atoms with Crippen molar-refractivity contribution in [3.05, 3.63) is 120 Å². The summed E-state index contributed by atoms with van der Waals surface area (Å²) in [5, 5.41) is 20.9. The van der Waals surface area contributed by atoms with E-state index in [0.29, 0.717) is 61.8 Å². The Morgan fingerprint density at radius 1 is 0.482 bits per heavy atom. The summed E-state index contributed by atoms with van der Waals surface area (Å²) in [6.45, 7) is 8.52. The van der Waals surface area contributed by atoms with Crippen LogP contribution in [-0.4, -0.2) is 56.9 Å². The Labute approximate surface area is 330 Å². The summed E-state index contributed by atoms with van der Waals surface area (Å²) < 4.78 is 12.0. The Hall–Kier alpha value is -5.64. The van der Waals surface area contributed by atoms with E-state index in [4.69, 9.17) is 9.47 Å². The SMILES string of the molecule is CCC[C@@H](c1ccc(Oc2ccccc2)cc1)N(CCC)C(=O)C1C(C(=O)O)C(C(=O)O)C1C(=O)N(CCC)[C@@H](CCC)c1ccc(Oc2ccccc2)cc1. The first kappa shape index (κ1) is 41.5. The van der Waals surface area contributed by atoms with Gasteiger partial charge in [-0.2, -0.15) is 0 Å². The minimum atomic E-state index is -1.56. The molecule has 1 aliphatic carbocycles. The molecule has 56 heavy (non-hydrogen) atoms. The third kappa shape index (κ3) is 9.59. The molecule has 4 aromatic carbocycles. The molecule has 0 spiro atoms. The highest BCUT2D eigenvalue weighted by Crippen LogP contribution is 2.50. The van der Waals surface area contributed by atoms with Crippen molar-refractivity contribution in [2.24, 2.45) is 23.7 Å². The standard InChI is InChI=1S/C46H54N2O8/c1-5-15-37(31-21-25-35(26-22-31)55-33-17-11-9-12-18-33)47(29-7-3)43(49)39-40(42(46(53)54)41(39)45(51)52)44(50)48(30-8-4)38(16-6-2)32-23-27-36(28-24-32)56-34-19-13-10-14-20-34/h9-14,17-28,37-42H,5-8,15-16,29-30H2,1-4H3,(H,51,52)(H,53,54)/t37-,38-,39?,40?,41?,42?/m0/s1. The number of amides is 2. The molecule has 4 aromatic rings. The van der Waals surface area contributed by atoms with Gasteiger partial charge < -0.3 is 29.5 Å². The molecule has 0 aliphatic heterocycles. The smallest absolute Gasteiger partial charge is 0.308 e. The van der Waals surface area contributed by atoms with E-state index >= 15 is 0 Å². The number of carbonyl (C=O) groups is 4. The molecule has 1 saturated carbocycles. The fourth-order valence-corrected chi connectivity index (χ4v) is 8.00. The second kappa shape index (κ2) is 19.8. The third-order valence-electron chi connectivity index (χ3n) is 10.5. The van der Waals surface area contributed by atoms with Gasteiger partial charge in [0, 0.05) is 13.1 Å². The molecular formula is C46H54N2O8. The van der Waals surface area contributed by atoms with Gasteiger partial charge >= 0.3 is 11.9 Å². The van der Waals surface area contributed by atoms with E-state index in [2.05, 4.69) is 0 Å². The molecule has 0 radical (unpaired) electrons. The Bertz CT molecular complexity index is 1750. The molecule has 0 bridgehead atoms. The van der Waals surface area contributed by atoms with Crippen LogP contribution >= 0.6 is 0 Å². The zero-order valence-corrected chi connectivity index (χ0v) is 32.8. The van der Waals surface area contributed by atoms with Crippen LogP contribution in [-0.2, 0) is 19.2 Å². The first-order chi connectivity index (χ1) is 27.1. The minimum absolute atomic E-state index is 0.307. The number of hydrogen-bond donors (Lipinski definition) is 2. The molecular weight excluding hydrogens is 709 g/mol. The zero-order valence-electron chi connectivity index (χ0n) is 32.8. The number of para-hydroxylation sites is 2. The molecule has 10 heteroatoms. The summed E-state index contributed by atoms with van der Waals surface area (Å²) in [5.41, 5.74) is 1.68. The predicted molar refractivity (Wildman–Crippen MR) is 214 cm³/mol. The second-order valence-corrected chi connectivity index (χ2v) is 14.4. The van der Waals surface area contributed by atoms with E-state index in [1.807, 2.05) is 137 Å². The van der Waals surface area contributed by atoms with Gasteiger partial charge in [0.2, 0.25) is 11.8 Å². The third-order valence-corrected chi connectivity index (χ3v) is 10.5. The lowest BCUT2D eigenvalue weighted by molar-refractivity contribution is -0.189. The average Bonchev–Trinajstić information content (AvgIpc) is 3.18. The maximum atomic E-state index is 14.9. The number of carboxylic acid groups (broad SMARTS) is 2. The average molecular weight is 763 g/mol. The molecule has 5 rings (SSSR count). The molecule has 1 fully saturated rings. The summed E-state index contributed by atoms with van der Waals surface area (Å²) in [4.78, 5) is 58.8. The van der Waals surface area contributed by atoms with Crippen molar-refractivity contribution in [1.29, 1.82) is 0 Å². The highest BCUT2D eigenvalue weighted by atomic mass is 16.5. The maximum Gasteiger partial charge on any atom is 0.308 e. The summed E-state index contributed by atoms with van der Waals surface area (Å²) >= 11 is 0. The van der Waals surface area contributed by atoms with Gasteiger partial charge in [0.25, 0.3) is 0 Å². The van der Waals surface area contributed by atoms with Crippen LogP contribution in [0.4, 0.5) is 0 Å². The number of hydrogen-bond acceptors (Lipinski definition) is 6. The van der Waals surface area contributed by atoms with Gasteiger partial charge in [0.05, 0.1) is 35.8 Å². The molecule has 10 nitrogen and oxygen atoms in total. The topological polar surface area (TPSA) is 134 Å². The number of carbonyl (C=O) groups excluding carboxylic acids is 2. The normalized spacial score (nSPS) is 18.5. The van der Waals surface area contributed by atoms with E-state index in [-0.39, 0.29) is 0 Å². The molecule has 0 saturated heterocycles. The Morgan fingerprint density at radius 2 is 0.804 bits per heavy atom. The number of rotatable bonds is 20. The van der Waals surface area contributed by atoms with Crippen molar-refractivity contribution in [1.82, 2.24) is 9.80 Å². The zero-order chi connectivity index (χ0) is 40.2. The Morgan fingerprint density at radius 3 is 1.09 bits per heavy atom. The lowest BCUT2D eigenvalue weighted by Gasteiger charge is -2.50. The number of aliphatic carboxylic acids is 2. The van der Waals surface area contributed by atoms with E-state index in [9.17, 15) is 29.4 Å². The van der Waals surface area contributed by atoms with Crippen LogP contribution < -0.4 is 9.47 Å². The molecule has 6 atom stereocenters. The Balaban J connectivity index is 1.47. The van der Waals surface area contributed by atoms with Gasteiger partial charge in [-0.25, -0.2) is 0 Å².